The number of rotatable bonds is 5. The fourth-order valence-corrected chi connectivity index (χ4v) is 9.65. The molecule has 0 unspecified atom stereocenters. The van der Waals surface area contributed by atoms with Gasteiger partial charge < -0.3 is 4.90 Å². The lowest BCUT2D eigenvalue weighted by molar-refractivity contribution is 1.30. The molecule has 8 aromatic carbocycles. The molecule has 230 valence electrons. The first kappa shape index (κ1) is 28.3. The molecule has 0 aliphatic carbocycles. The SMILES string of the molecule is c1ccc(-c2cc(N(c3ccc4ccccc4c3)c3ccc4sc5ccccc5c4c3)ccc2-c2cccc3c2sc2ccccc23)cc1. The van der Waals surface area contributed by atoms with E-state index in [1.165, 1.54) is 73.4 Å². The van der Waals surface area contributed by atoms with E-state index < -0.39 is 0 Å². The Balaban J connectivity index is 1.23. The van der Waals surface area contributed by atoms with E-state index in [1.807, 2.05) is 22.7 Å². The molecule has 1 nitrogen and oxygen atoms in total. The summed E-state index contributed by atoms with van der Waals surface area (Å²) in [6, 6.07) is 64.5. The number of thiophene rings is 2. The monoisotopic (exact) mass is 659 g/mol. The molecule has 0 aliphatic heterocycles. The Kier molecular flexibility index (Phi) is 6.61. The van der Waals surface area contributed by atoms with Crippen LogP contribution in [0.5, 0.6) is 0 Å². The molecule has 0 amide bonds. The van der Waals surface area contributed by atoms with Gasteiger partial charge in [-0.25, -0.2) is 0 Å². The van der Waals surface area contributed by atoms with Crippen molar-refractivity contribution in [2.45, 2.75) is 0 Å². The van der Waals surface area contributed by atoms with Gasteiger partial charge in [-0.3, -0.25) is 0 Å². The summed E-state index contributed by atoms with van der Waals surface area (Å²) >= 11 is 3.75. The number of anilines is 3. The van der Waals surface area contributed by atoms with Crippen molar-refractivity contribution in [1.82, 2.24) is 0 Å². The van der Waals surface area contributed by atoms with Gasteiger partial charge in [0.2, 0.25) is 0 Å². The number of benzene rings is 8. The summed E-state index contributed by atoms with van der Waals surface area (Å²) in [5, 5.41) is 7.70. The molecule has 49 heavy (non-hydrogen) atoms. The minimum absolute atomic E-state index is 1.13. The highest BCUT2D eigenvalue weighted by molar-refractivity contribution is 7.26. The van der Waals surface area contributed by atoms with Crippen molar-refractivity contribution in [3.05, 3.63) is 176 Å². The molecular formula is C46H29NS2. The molecule has 0 atom stereocenters. The van der Waals surface area contributed by atoms with Crippen molar-refractivity contribution in [1.29, 1.82) is 0 Å². The van der Waals surface area contributed by atoms with Crippen molar-refractivity contribution >= 4 is 90.9 Å². The van der Waals surface area contributed by atoms with Crippen molar-refractivity contribution in [3.63, 3.8) is 0 Å². The lowest BCUT2D eigenvalue weighted by Crippen LogP contribution is -2.10. The van der Waals surface area contributed by atoms with Crippen molar-refractivity contribution < 1.29 is 0 Å². The standard InChI is InChI=1S/C46H29NS2/c1-2-12-31(13-3-1)41-28-34(23-25-36(41)39-17-10-18-40-37-15-6-9-20-44(37)49-46(39)40)47(33-22-21-30-11-4-5-14-32(30)27-33)35-24-26-45-42(29-35)38-16-7-8-19-43(38)48-45/h1-29H. The number of hydrogen-bond donors (Lipinski definition) is 0. The van der Waals surface area contributed by atoms with Gasteiger partial charge in [0.15, 0.2) is 0 Å². The van der Waals surface area contributed by atoms with Gasteiger partial charge in [-0.2, -0.15) is 0 Å². The van der Waals surface area contributed by atoms with Gasteiger partial charge in [0, 0.05) is 63.0 Å². The second-order valence-electron chi connectivity index (χ2n) is 12.5. The zero-order chi connectivity index (χ0) is 32.3. The molecule has 0 fully saturated rings. The molecule has 2 aromatic heterocycles. The van der Waals surface area contributed by atoms with E-state index in [4.69, 9.17) is 0 Å². The first-order chi connectivity index (χ1) is 24.3. The van der Waals surface area contributed by atoms with Crippen LogP contribution in [-0.2, 0) is 0 Å². The summed E-state index contributed by atoms with van der Waals surface area (Å²) in [6.07, 6.45) is 0. The predicted molar refractivity (Wildman–Crippen MR) is 215 cm³/mol. The molecule has 10 aromatic rings. The Morgan fingerprint density at radius 2 is 0.939 bits per heavy atom. The van der Waals surface area contributed by atoms with Crippen molar-refractivity contribution in [3.8, 4) is 22.3 Å². The molecule has 0 radical (unpaired) electrons. The Morgan fingerprint density at radius 3 is 1.80 bits per heavy atom. The van der Waals surface area contributed by atoms with E-state index in [9.17, 15) is 0 Å². The van der Waals surface area contributed by atoms with Gasteiger partial charge in [-0.1, -0.05) is 121 Å². The van der Waals surface area contributed by atoms with Crippen LogP contribution in [0.4, 0.5) is 17.1 Å². The molecule has 3 heteroatoms. The minimum atomic E-state index is 1.13. The van der Waals surface area contributed by atoms with Gasteiger partial charge in [0.05, 0.1) is 0 Å². The van der Waals surface area contributed by atoms with E-state index in [-0.39, 0.29) is 0 Å². The second-order valence-corrected chi connectivity index (χ2v) is 14.7. The Hall–Kier alpha value is -5.74. The fraction of sp³-hybridized carbons (Fsp3) is 0. The van der Waals surface area contributed by atoms with Crippen LogP contribution < -0.4 is 4.90 Å². The minimum Gasteiger partial charge on any atom is -0.310 e. The lowest BCUT2D eigenvalue weighted by Gasteiger charge is -2.27. The maximum absolute atomic E-state index is 2.43. The van der Waals surface area contributed by atoms with Crippen molar-refractivity contribution in [2.24, 2.45) is 0 Å². The quantitative estimate of drug-likeness (QED) is 0.178. The normalized spacial score (nSPS) is 11.7. The average molecular weight is 660 g/mol. The molecule has 0 N–H and O–H groups in total. The van der Waals surface area contributed by atoms with E-state index >= 15 is 0 Å². The zero-order valence-corrected chi connectivity index (χ0v) is 28.1. The molecule has 2 heterocycles. The summed E-state index contributed by atoms with van der Waals surface area (Å²) in [5.41, 5.74) is 8.34. The number of nitrogens with zero attached hydrogens (tertiary/aromatic N) is 1. The Labute approximate surface area is 292 Å². The van der Waals surface area contributed by atoms with E-state index in [1.54, 1.807) is 0 Å². The predicted octanol–water partition coefficient (Wildman–Crippen LogP) is 14.4. The Bertz CT molecular complexity index is 2840. The Morgan fingerprint density at radius 1 is 0.327 bits per heavy atom. The molecule has 0 saturated carbocycles. The van der Waals surface area contributed by atoms with Gasteiger partial charge in [0.1, 0.15) is 0 Å². The smallest absolute Gasteiger partial charge is 0.0468 e. The fourth-order valence-electron chi connectivity index (χ4n) is 7.34. The van der Waals surface area contributed by atoms with E-state index in [0.717, 1.165) is 17.1 Å². The van der Waals surface area contributed by atoms with Gasteiger partial charge in [-0.15, -0.1) is 22.7 Å². The molecule has 0 bridgehead atoms. The average Bonchev–Trinajstić information content (AvgIpc) is 3.74. The summed E-state index contributed by atoms with van der Waals surface area (Å²) < 4.78 is 5.27. The molecule has 0 aliphatic rings. The summed E-state index contributed by atoms with van der Waals surface area (Å²) in [7, 11) is 0. The topological polar surface area (TPSA) is 3.24 Å². The summed E-state index contributed by atoms with van der Waals surface area (Å²) in [6.45, 7) is 0. The third-order valence-electron chi connectivity index (χ3n) is 9.65. The highest BCUT2D eigenvalue weighted by Crippen LogP contribution is 2.46. The van der Waals surface area contributed by atoms with Crippen LogP contribution in [0.25, 0.3) is 73.4 Å². The van der Waals surface area contributed by atoms with Crippen LogP contribution in [0.2, 0.25) is 0 Å². The van der Waals surface area contributed by atoms with E-state index in [0.29, 0.717) is 0 Å². The highest BCUT2D eigenvalue weighted by Gasteiger charge is 2.20. The van der Waals surface area contributed by atoms with Crippen LogP contribution in [0.1, 0.15) is 0 Å². The number of fused-ring (bicyclic) bond motifs is 7. The van der Waals surface area contributed by atoms with Crippen LogP contribution in [0.15, 0.2) is 176 Å². The highest BCUT2D eigenvalue weighted by atomic mass is 32.1. The lowest BCUT2D eigenvalue weighted by atomic mass is 9.92. The molecular weight excluding hydrogens is 631 g/mol. The maximum atomic E-state index is 2.43. The van der Waals surface area contributed by atoms with Crippen molar-refractivity contribution in [2.75, 3.05) is 4.90 Å². The maximum Gasteiger partial charge on any atom is 0.0468 e. The molecule has 0 spiro atoms. The first-order valence-corrected chi connectivity index (χ1v) is 18.2. The van der Waals surface area contributed by atoms with E-state index in [2.05, 4.69) is 181 Å². The van der Waals surface area contributed by atoms with Crippen LogP contribution in [-0.4, -0.2) is 0 Å². The summed E-state index contributed by atoms with van der Waals surface area (Å²) in [4.78, 5) is 2.43. The van der Waals surface area contributed by atoms with Crippen LogP contribution in [0.3, 0.4) is 0 Å². The third kappa shape index (κ3) is 4.74. The first-order valence-electron chi connectivity index (χ1n) is 16.6. The molecule has 0 saturated heterocycles. The van der Waals surface area contributed by atoms with Gasteiger partial charge in [-0.05, 0) is 82.1 Å². The summed E-state index contributed by atoms with van der Waals surface area (Å²) in [5.74, 6) is 0. The largest absolute Gasteiger partial charge is 0.310 e. The number of hydrogen-bond acceptors (Lipinski definition) is 3. The van der Waals surface area contributed by atoms with Gasteiger partial charge >= 0.3 is 0 Å². The van der Waals surface area contributed by atoms with Gasteiger partial charge in [0.25, 0.3) is 0 Å². The van der Waals surface area contributed by atoms with Crippen LogP contribution in [0, 0.1) is 0 Å². The third-order valence-corrected chi connectivity index (χ3v) is 12.0. The second kappa shape index (κ2) is 11.5. The van der Waals surface area contributed by atoms with Crippen LogP contribution >= 0.6 is 22.7 Å². The zero-order valence-electron chi connectivity index (χ0n) is 26.5. The molecule has 10 rings (SSSR count).